The lowest BCUT2D eigenvalue weighted by Crippen LogP contribution is -2.45. The van der Waals surface area contributed by atoms with Gasteiger partial charge in [0.2, 0.25) is 0 Å². The first-order valence-corrected chi connectivity index (χ1v) is 33.3. The molecule has 5 aliphatic carbocycles. The van der Waals surface area contributed by atoms with E-state index in [1.807, 2.05) is 0 Å². The molecule has 0 radical (unpaired) electrons. The highest BCUT2D eigenvalue weighted by Gasteiger charge is 2.66. The van der Waals surface area contributed by atoms with Crippen molar-refractivity contribution in [1.29, 1.82) is 0 Å². The second kappa shape index (κ2) is 8.04. The predicted octanol–water partition coefficient (Wildman–Crippen LogP) is 23.9. The summed E-state index contributed by atoms with van der Waals surface area (Å²) in [5.74, 6) is 0. The first kappa shape index (κ1) is 33.9. The molecule has 0 saturated carbocycles. The average molecular weight is 1180 g/mol. The largest absolute Gasteiger partial charge is 0.0579 e. The maximum Gasteiger partial charge on any atom is 0.0523 e. The molecule has 0 spiro atoms. The predicted molar refractivity (Wildman–Crippen MR) is 371 cm³/mol. The van der Waals surface area contributed by atoms with Crippen molar-refractivity contribution in [3.8, 4) is 0 Å². The van der Waals surface area contributed by atoms with Crippen molar-refractivity contribution in [2.45, 2.75) is 23.7 Å². The number of hydrogen-bond donors (Lipinski definition) is 0. The second-order valence-electron chi connectivity index (χ2n) is 30.9. The van der Waals surface area contributed by atoms with Gasteiger partial charge in [-0.15, -0.1) is 0 Å². The van der Waals surface area contributed by atoms with Gasteiger partial charge < -0.3 is 0 Å². The lowest BCUT2D eigenvalue weighted by atomic mass is 9.51. The van der Waals surface area contributed by atoms with Crippen molar-refractivity contribution in [3.63, 3.8) is 0 Å². The molecule has 0 unspecified atom stereocenters. The standard InChI is InChI=1S/C84H12Br2/c85-13-5-1-11(2-6-13)9-83-77-69-60-49-41-29-22-16-15-18-23-26(22)37-39-30(23)33-31-24(18)25-19(15)21-20-17(16)27(29)34-36-28(20)35-32(21)40-38(25)44-42(31)51-53-45(33)52-50(39)62(58(60)43(37)41)73(77)75-64(52)65(53)76-74-63(51)59(44)61-54(40)57-48(35)56-47(36)55(46(34)49)66(69)71-68(56)72-67(57)70(61)78(74)84(80(72)79(71)83,82(76)81(75)83)10-12-3-7-14(86)8-4-12/h1-8H,9-10H2/t83-,84+/m1/s1. The van der Waals surface area contributed by atoms with E-state index in [4.69, 9.17) is 0 Å². The maximum absolute atomic E-state index is 4.00. The van der Waals surface area contributed by atoms with Gasteiger partial charge in [-0.1, -0.05) is 56.1 Å². The zero-order valence-corrected chi connectivity index (χ0v) is 47.0. The zero-order valence-electron chi connectivity index (χ0n) is 43.8. The fraction of sp³-hybridized carbons (Fsp3) is 0.0476. The van der Waals surface area contributed by atoms with E-state index in [0.717, 1.165) is 12.8 Å². The third kappa shape index (κ3) is 1.97. The first-order chi connectivity index (χ1) is 42.7. The Morgan fingerprint density at radius 2 is 0.267 bits per heavy atom. The summed E-state index contributed by atoms with van der Waals surface area (Å²) in [4.78, 5) is 0. The molecule has 0 aliphatic heterocycles. The zero-order chi connectivity index (χ0) is 51.6. The molecule has 2 heteroatoms. The fourth-order valence-corrected chi connectivity index (χ4v) is 30.2. The van der Waals surface area contributed by atoms with E-state index in [1.54, 1.807) is 367 Å². The molecule has 0 bridgehead atoms. The summed E-state index contributed by atoms with van der Waals surface area (Å²) in [7, 11) is 0. The van der Waals surface area contributed by atoms with Crippen LogP contribution in [0.25, 0.3) is 334 Å². The Balaban J connectivity index is 1.06. The molecule has 0 heterocycles. The topological polar surface area (TPSA) is 0 Å². The molecule has 0 saturated heterocycles. The average Bonchev–Trinajstić information content (AvgIpc) is 1.39. The Morgan fingerprint density at radius 1 is 0.151 bits per heavy atom. The molecule has 362 valence electrons. The third-order valence-corrected chi connectivity index (χ3v) is 31.1. The van der Waals surface area contributed by atoms with Gasteiger partial charge in [0.15, 0.2) is 0 Å². The summed E-state index contributed by atoms with van der Waals surface area (Å²) in [6.07, 6.45) is 1.92. The molecule has 0 N–H and O–H groups in total. The van der Waals surface area contributed by atoms with Crippen LogP contribution in [0.5, 0.6) is 0 Å². The molecule has 0 nitrogen and oxygen atoms in total. The van der Waals surface area contributed by atoms with Gasteiger partial charge in [-0.25, -0.2) is 0 Å². The van der Waals surface area contributed by atoms with E-state index in [-0.39, 0.29) is 0 Å². The second-order valence-corrected chi connectivity index (χ2v) is 32.7. The quantitative estimate of drug-likeness (QED) is 0.122. The van der Waals surface area contributed by atoms with Crippen molar-refractivity contribution < 1.29 is 0 Å². The molecule has 39 rings (SSSR count). The molecule has 34 aromatic carbocycles. The van der Waals surface area contributed by atoms with Crippen molar-refractivity contribution in [2.24, 2.45) is 0 Å². The van der Waals surface area contributed by atoms with E-state index in [1.165, 1.54) is 20.1 Å². The number of benzene rings is 24. The Morgan fingerprint density at radius 3 is 0.442 bits per heavy atom. The van der Waals surface area contributed by atoms with Crippen LogP contribution in [0.4, 0.5) is 0 Å². The van der Waals surface area contributed by atoms with Gasteiger partial charge in [-0.2, -0.15) is 0 Å². The maximum atomic E-state index is 4.00. The van der Waals surface area contributed by atoms with Gasteiger partial charge in [0.1, 0.15) is 0 Å². The van der Waals surface area contributed by atoms with Crippen LogP contribution in [0.3, 0.4) is 0 Å². The van der Waals surface area contributed by atoms with E-state index >= 15 is 0 Å². The highest BCUT2D eigenvalue weighted by atomic mass is 79.9. The fourth-order valence-electron chi connectivity index (χ4n) is 29.7. The van der Waals surface area contributed by atoms with Gasteiger partial charge in [0.25, 0.3) is 0 Å². The third-order valence-electron chi connectivity index (χ3n) is 30.1. The first-order valence-electron chi connectivity index (χ1n) is 31.7. The molecule has 86 heavy (non-hydrogen) atoms. The molecular weight excluding hydrogens is 1170 g/mol. The SMILES string of the molecule is Brc1ccc(C[C@@]23c4c5c6c7c4c4c8c2c2c9c3c3c%10c%11c(c%12c6c6c%13c7c7c4c4c8c8c2c2c%14c9c%10c9c%10c%11c%11c%12c%12c6c6c%13c%13c7c7c4c4c8c2c2c(c9%14)c8c%10c9c%11c%12c%10c6c6c%13c7c7c4c2c2c8c9c%10c6c72)[C@]53Cc2ccc(Br)cc2)cc1. The van der Waals surface area contributed by atoms with Crippen molar-refractivity contribution >= 4 is 366 Å². The van der Waals surface area contributed by atoms with E-state index in [2.05, 4.69) is 80.4 Å². The smallest absolute Gasteiger partial charge is 0.0523 e. The Kier molecular flexibility index (Phi) is 3.17. The van der Waals surface area contributed by atoms with Crippen LogP contribution in [0.15, 0.2) is 57.5 Å². The normalized spacial score (nSPS) is 20.6. The lowest BCUT2D eigenvalue weighted by Gasteiger charge is -2.49. The van der Waals surface area contributed by atoms with Crippen LogP contribution in [0.1, 0.15) is 44.5 Å². The minimum atomic E-state index is -0.424. The van der Waals surface area contributed by atoms with Crippen molar-refractivity contribution in [3.05, 3.63) is 102 Å². The summed E-state index contributed by atoms with van der Waals surface area (Å²) in [5, 5.41) is 103. The summed E-state index contributed by atoms with van der Waals surface area (Å²) < 4.78 is 2.33. The molecule has 34 aromatic rings. The molecule has 5 aliphatic rings. The van der Waals surface area contributed by atoms with Gasteiger partial charge in [-0.3, -0.25) is 0 Å². The van der Waals surface area contributed by atoms with Crippen molar-refractivity contribution in [1.82, 2.24) is 0 Å². The minimum absolute atomic E-state index is 0.409. The van der Waals surface area contributed by atoms with Gasteiger partial charge in [0.05, 0.1) is 10.8 Å². The van der Waals surface area contributed by atoms with Crippen LogP contribution >= 0.6 is 31.9 Å². The summed E-state index contributed by atoms with van der Waals surface area (Å²) in [6.45, 7) is 0. The van der Waals surface area contributed by atoms with Gasteiger partial charge >= 0.3 is 0 Å². The van der Waals surface area contributed by atoms with E-state index in [0.29, 0.717) is 0 Å². The molecule has 0 fully saturated rings. The van der Waals surface area contributed by atoms with Crippen LogP contribution in [0, 0.1) is 0 Å². The van der Waals surface area contributed by atoms with E-state index < -0.39 is 10.8 Å². The summed E-state index contributed by atoms with van der Waals surface area (Å²) >= 11 is 7.98. The number of halogens is 2. The summed E-state index contributed by atoms with van der Waals surface area (Å²) in [6, 6.07) is 19.6. The highest BCUT2D eigenvalue weighted by Crippen LogP contribution is 2.85. The monoisotopic (exact) mass is 1180 g/mol. The lowest BCUT2D eigenvalue weighted by molar-refractivity contribution is 0.538. The molecule has 0 aromatic heterocycles. The van der Waals surface area contributed by atoms with Gasteiger partial charge in [-0.05, 0) is 416 Å². The Bertz CT molecular complexity index is 9380. The minimum Gasteiger partial charge on any atom is -0.0579 e. The van der Waals surface area contributed by atoms with Crippen LogP contribution in [0.2, 0.25) is 0 Å². The summed E-state index contributed by atoms with van der Waals surface area (Å²) in [5.41, 5.74) is 12.5. The molecule has 0 amide bonds. The highest BCUT2D eigenvalue weighted by molar-refractivity contribution is 9.10. The Labute approximate surface area is 487 Å². The molecule has 2 atom stereocenters. The molecular formula is C84H12Br2. The number of hydrogen-bond acceptors (Lipinski definition) is 0. The van der Waals surface area contributed by atoms with Crippen LogP contribution in [-0.2, 0) is 23.7 Å². The van der Waals surface area contributed by atoms with E-state index in [9.17, 15) is 0 Å². The van der Waals surface area contributed by atoms with Crippen molar-refractivity contribution in [2.75, 3.05) is 0 Å². The van der Waals surface area contributed by atoms with Gasteiger partial charge in [0, 0.05) is 8.95 Å². The number of rotatable bonds is 4. The van der Waals surface area contributed by atoms with Crippen LogP contribution in [-0.4, -0.2) is 0 Å². The van der Waals surface area contributed by atoms with Crippen LogP contribution < -0.4 is 0 Å². The Hall–Kier alpha value is -9.44.